The third kappa shape index (κ3) is 3.71. The van der Waals surface area contributed by atoms with Crippen molar-refractivity contribution in [1.29, 1.82) is 0 Å². The van der Waals surface area contributed by atoms with Gasteiger partial charge >= 0.3 is 6.09 Å². The topological polar surface area (TPSA) is 72.9 Å². The lowest BCUT2D eigenvalue weighted by atomic mass is 9.66. The number of benzene rings is 3. The zero-order valence-corrected chi connectivity index (χ0v) is 21.4. The Morgan fingerprint density at radius 3 is 2.35 bits per heavy atom. The molecule has 0 spiro atoms. The molecule has 6 nitrogen and oxygen atoms in total. The van der Waals surface area contributed by atoms with Crippen LogP contribution >= 0.6 is 0 Å². The number of fused-ring (bicyclic) bond motifs is 3. The number of carbonyl (C=O) groups is 1. The van der Waals surface area contributed by atoms with Crippen LogP contribution in [0, 0.1) is 24.2 Å². The van der Waals surface area contributed by atoms with Crippen LogP contribution in [0.1, 0.15) is 18.9 Å². The summed E-state index contributed by atoms with van der Waals surface area (Å²) >= 11 is 0. The Bertz CT molecular complexity index is 1490. The van der Waals surface area contributed by atoms with Crippen molar-refractivity contribution in [2.45, 2.75) is 29.0 Å². The maximum Gasteiger partial charge on any atom is 0.420 e. The van der Waals surface area contributed by atoms with E-state index in [9.17, 15) is 13.2 Å². The third-order valence-electron chi connectivity index (χ3n) is 7.40. The van der Waals surface area contributed by atoms with Crippen molar-refractivity contribution < 1.29 is 22.7 Å². The van der Waals surface area contributed by atoms with Crippen LogP contribution in [-0.2, 0) is 14.6 Å². The normalized spacial score (nSPS) is 24.4. The number of rotatable bonds is 4. The zero-order chi connectivity index (χ0) is 26.2. The number of sulfone groups is 1. The number of terminal acetylenes is 1. The number of anilines is 1. The molecule has 0 aromatic heterocycles. The van der Waals surface area contributed by atoms with E-state index in [4.69, 9.17) is 15.9 Å². The molecule has 37 heavy (non-hydrogen) atoms. The van der Waals surface area contributed by atoms with E-state index in [1.165, 1.54) is 12.0 Å². The summed E-state index contributed by atoms with van der Waals surface area (Å²) in [5, 5.41) is 0. The number of methoxy groups -OCH3 is 1. The average Bonchev–Trinajstić information content (AvgIpc) is 2.92. The Labute approximate surface area is 217 Å². The van der Waals surface area contributed by atoms with Crippen LogP contribution < -0.4 is 14.4 Å². The molecular formula is C30H27NO5S. The van der Waals surface area contributed by atoms with Gasteiger partial charge in [0, 0.05) is 11.5 Å². The van der Waals surface area contributed by atoms with Crippen molar-refractivity contribution in [3.8, 4) is 23.8 Å². The maximum absolute atomic E-state index is 14.7. The van der Waals surface area contributed by atoms with Crippen LogP contribution in [0.25, 0.3) is 0 Å². The molecule has 0 saturated heterocycles. The van der Waals surface area contributed by atoms with E-state index >= 15 is 0 Å². The van der Waals surface area contributed by atoms with E-state index in [0.717, 1.165) is 0 Å². The minimum Gasteiger partial charge on any atom is -0.497 e. The lowest BCUT2D eigenvalue weighted by Crippen LogP contribution is -2.62. The first kappa shape index (κ1) is 24.7. The number of nitrogens with zero attached hydrogens (tertiary/aromatic N) is 1. The molecule has 1 aliphatic carbocycles. The summed E-state index contributed by atoms with van der Waals surface area (Å²) < 4.78 is 39.1. The lowest BCUT2D eigenvalue weighted by molar-refractivity contribution is 0.192. The smallest absolute Gasteiger partial charge is 0.420 e. The number of amides is 1. The minimum absolute atomic E-state index is 0.201. The molecule has 0 bridgehead atoms. The fourth-order valence-corrected chi connectivity index (χ4v) is 8.36. The van der Waals surface area contributed by atoms with E-state index in [2.05, 4.69) is 5.92 Å². The predicted octanol–water partition coefficient (Wildman–Crippen LogP) is 5.60. The number of para-hydroxylation sites is 1. The van der Waals surface area contributed by atoms with Crippen molar-refractivity contribution in [2.24, 2.45) is 11.8 Å². The molecule has 0 radical (unpaired) electrons. The number of allylic oxidation sites excluding steroid dienone is 2. The number of carbonyl (C=O) groups excluding carboxylic acids is 1. The van der Waals surface area contributed by atoms with Gasteiger partial charge < -0.3 is 9.47 Å². The summed E-state index contributed by atoms with van der Waals surface area (Å²) in [5.41, 5.74) is 0.858. The van der Waals surface area contributed by atoms with Gasteiger partial charge in [-0.25, -0.2) is 13.2 Å². The monoisotopic (exact) mass is 513 g/mol. The number of hydrogen-bond acceptors (Lipinski definition) is 5. The molecule has 5 rings (SSSR count). The summed E-state index contributed by atoms with van der Waals surface area (Å²) in [6, 6.07) is 21.3. The highest BCUT2D eigenvalue weighted by Gasteiger charge is 2.63. The molecule has 4 atom stereocenters. The molecule has 4 unspecified atom stereocenters. The Morgan fingerprint density at radius 1 is 1.03 bits per heavy atom. The third-order valence-corrected chi connectivity index (χ3v) is 10.1. The summed E-state index contributed by atoms with van der Waals surface area (Å²) in [6.07, 6.45) is 9.66. The van der Waals surface area contributed by atoms with Gasteiger partial charge in [-0.15, -0.1) is 6.42 Å². The van der Waals surface area contributed by atoms with Gasteiger partial charge in [0.1, 0.15) is 22.3 Å². The summed E-state index contributed by atoms with van der Waals surface area (Å²) in [5.74, 6) is 2.53. The van der Waals surface area contributed by atoms with E-state index < -0.39 is 38.6 Å². The molecule has 0 N–H and O–H groups in total. The Balaban J connectivity index is 1.80. The molecule has 188 valence electrons. The van der Waals surface area contributed by atoms with E-state index in [-0.39, 0.29) is 4.90 Å². The second-order valence-corrected chi connectivity index (χ2v) is 11.4. The summed E-state index contributed by atoms with van der Waals surface area (Å²) in [7, 11) is -2.48. The molecule has 3 aromatic rings. The van der Waals surface area contributed by atoms with Gasteiger partial charge in [-0.1, -0.05) is 61.4 Å². The van der Waals surface area contributed by atoms with E-state index in [0.29, 0.717) is 29.2 Å². The van der Waals surface area contributed by atoms with Gasteiger partial charge in [0.15, 0.2) is 9.84 Å². The van der Waals surface area contributed by atoms with Crippen LogP contribution in [0.5, 0.6) is 11.5 Å². The second-order valence-electron chi connectivity index (χ2n) is 9.21. The minimum atomic E-state index is -4.00. The van der Waals surface area contributed by atoms with Crippen molar-refractivity contribution >= 4 is 21.6 Å². The Hall–Kier alpha value is -4.02. The Kier molecular flexibility index (Phi) is 6.30. The van der Waals surface area contributed by atoms with Gasteiger partial charge in [0.2, 0.25) is 0 Å². The Morgan fingerprint density at radius 2 is 1.70 bits per heavy atom. The molecule has 1 aliphatic heterocycles. The molecular weight excluding hydrogens is 486 g/mol. The van der Waals surface area contributed by atoms with Gasteiger partial charge in [-0.3, -0.25) is 4.90 Å². The first-order valence-corrected chi connectivity index (χ1v) is 13.5. The van der Waals surface area contributed by atoms with Crippen LogP contribution in [0.3, 0.4) is 0 Å². The van der Waals surface area contributed by atoms with Crippen LogP contribution in [0.4, 0.5) is 10.5 Å². The van der Waals surface area contributed by atoms with Crippen molar-refractivity contribution in [3.63, 3.8) is 0 Å². The molecule has 1 amide bonds. The first-order valence-electron chi connectivity index (χ1n) is 12.0. The van der Waals surface area contributed by atoms with Crippen molar-refractivity contribution in [3.05, 3.63) is 96.6 Å². The highest BCUT2D eigenvalue weighted by atomic mass is 32.2. The van der Waals surface area contributed by atoms with Gasteiger partial charge in [-0.05, 0) is 54.8 Å². The number of ether oxygens (including phenoxy) is 2. The fraction of sp³-hybridized carbons (Fsp3) is 0.233. The second kappa shape index (κ2) is 9.45. The SMILES string of the molecule is C#CC1C2CC=CC(C)C2(S(=O)(=O)c2ccccc2)c2cc(OC)ccc2N1C(=O)Oc1ccccc1. The van der Waals surface area contributed by atoms with Gasteiger partial charge in [0.05, 0.1) is 17.7 Å². The average molecular weight is 514 g/mol. The zero-order valence-electron chi connectivity index (χ0n) is 20.6. The predicted molar refractivity (Wildman–Crippen MR) is 142 cm³/mol. The molecule has 2 aliphatic rings. The first-order chi connectivity index (χ1) is 17.9. The molecule has 3 aromatic carbocycles. The van der Waals surface area contributed by atoms with Gasteiger partial charge in [0.25, 0.3) is 0 Å². The van der Waals surface area contributed by atoms with Crippen molar-refractivity contribution in [1.82, 2.24) is 0 Å². The van der Waals surface area contributed by atoms with Crippen LogP contribution in [-0.4, -0.2) is 27.7 Å². The van der Waals surface area contributed by atoms with Gasteiger partial charge in [-0.2, -0.15) is 0 Å². The fourth-order valence-electron chi connectivity index (χ4n) is 5.81. The van der Waals surface area contributed by atoms with Crippen LogP contribution in [0.15, 0.2) is 95.9 Å². The molecule has 0 saturated carbocycles. The largest absolute Gasteiger partial charge is 0.497 e. The summed E-state index contributed by atoms with van der Waals surface area (Å²) in [6.45, 7) is 1.89. The molecule has 0 fully saturated rings. The number of hydrogen-bond donors (Lipinski definition) is 0. The highest BCUT2D eigenvalue weighted by molar-refractivity contribution is 7.92. The summed E-state index contributed by atoms with van der Waals surface area (Å²) in [4.78, 5) is 15.3. The standard InChI is InChI=1S/C30H27NO5S/c1-4-27-25-17-11-12-21(2)30(25,37(33,34)24-15-9-6-10-16-24)26-20-23(35-3)18-19-28(26)31(27)29(32)36-22-13-7-5-8-14-22/h1,5-16,18-21,25,27H,17H2,2-3H3. The molecule has 1 heterocycles. The quantitative estimate of drug-likeness (QED) is 0.336. The highest BCUT2D eigenvalue weighted by Crippen LogP contribution is 2.59. The molecule has 7 heteroatoms. The lowest BCUT2D eigenvalue weighted by Gasteiger charge is -2.54. The van der Waals surface area contributed by atoms with Crippen molar-refractivity contribution in [2.75, 3.05) is 12.0 Å². The van der Waals surface area contributed by atoms with Crippen LogP contribution in [0.2, 0.25) is 0 Å². The van der Waals surface area contributed by atoms with E-state index in [1.54, 1.807) is 72.8 Å². The maximum atomic E-state index is 14.7. The van der Waals surface area contributed by atoms with E-state index in [1.807, 2.05) is 25.1 Å².